The van der Waals surface area contributed by atoms with Crippen LogP contribution in [0.4, 0.5) is 0 Å². The van der Waals surface area contributed by atoms with E-state index in [1.807, 2.05) is 31.3 Å². The van der Waals surface area contributed by atoms with E-state index in [0.717, 1.165) is 36.3 Å². The largest absolute Gasteiger partial charge is 0.468 e. The van der Waals surface area contributed by atoms with E-state index in [2.05, 4.69) is 4.90 Å². The maximum Gasteiger partial charge on any atom is 0.326 e. The lowest BCUT2D eigenvalue weighted by atomic mass is 9.75. The summed E-state index contributed by atoms with van der Waals surface area (Å²) in [5.74, 6) is -0.144. The molecule has 116 valence electrons. The normalized spacial score (nSPS) is 18.1. The molecule has 1 fully saturated rings. The maximum absolute atomic E-state index is 12.0. The standard InChI is InChI=1S/C16H23ClN2O2/c1-19(16(8-3-9-16)15(20)21-2)11-14(18)10-12-4-6-13(17)7-5-12/h4-7,14H,3,8-11,18H2,1-2H3/t14-/m0/s1. The summed E-state index contributed by atoms with van der Waals surface area (Å²) in [7, 11) is 3.40. The number of methoxy groups -OCH3 is 1. The fraction of sp³-hybridized carbons (Fsp3) is 0.562. The summed E-state index contributed by atoms with van der Waals surface area (Å²) in [5, 5.41) is 0.726. The lowest BCUT2D eigenvalue weighted by Gasteiger charge is -2.46. The molecular formula is C16H23ClN2O2. The van der Waals surface area contributed by atoms with Crippen molar-refractivity contribution in [1.29, 1.82) is 0 Å². The molecule has 1 aromatic rings. The molecule has 0 aromatic heterocycles. The van der Waals surface area contributed by atoms with Gasteiger partial charge in [0.25, 0.3) is 0 Å². The number of likely N-dealkylation sites (N-methyl/N-ethyl adjacent to an activating group) is 1. The SMILES string of the molecule is COC(=O)C1(N(C)C[C@@H](N)Cc2ccc(Cl)cc2)CCC1. The highest BCUT2D eigenvalue weighted by molar-refractivity contribution is 6.30. The van der Waals surface area contributed by atoms with Gasteiger partial charge in [-0.2, -0.15) is 0 Å². The van der Waals surface area contributed by atoms with E-state index >= 15 is 0 Å². The van der Waals surface area contributed by atoms with Crippen LogP contribution in [0.2, 0.25) is 5.02 Å². The second-order valence-corrected chi connectivity index (χ2v) is 6.28. The molecule has 5 heteroatoms. The number of hydrogen-bond donors (Lipinski definition) is 1. The van der Waals surface area contributed by atoms with Crippen molar-refractivity contribution in [1.82, 2.24) is 4.90 Å². The van der Waals surface area contributed by atoms with E-state index in [4.69, 9.17) is 22.1 Å². The van der Waals surface area contributed by atoms with E-state index in [1.54, 1.807) is 0 Å². The topological polar surface area (TPSA) is 55.6 Å². The van der Waals surface area contributed by atoms with Crippen LogP contribution in [0.1, 0.15) is 24.8 Å². The van der Waals surface area contributed by atoms with Crippen molar-refractivity contribution < 1.29 is 9.53 Å². The number of nitrogens with two attached hydrogens (primary N) is 1. The number of halogens is 1. The molecule has 2 rings (SSSR count). The summed E-state index contributed by atoms with van der Waals surface area (Å²) in [5.41, 5.74) is 6.92. The van der Waals surface area contributed by atoms with Gasteiger partial charge in [0, 0.05) is 17.6 Å². The Morgan fingerprint density at radius 3 is 2.52 bits per heavy atom. The van der Waals surface area contributed by atoms with Crippen molar-refractivity contribution in [2.45, 2.75) is 37.3 Å². The fourth-order valence-corrected chi connectivity index (χ4v) is 3.08. The number of rotatable bonds is 6. The molecule has 0 radical (unpaired) electrons. The highest BCUT2D eigenvalue weighted by atomic mass is 35.5. The third-order valence-electron chi connectivity index (χ3n) is 4.40. The van der Waals surface area contributed by atoms with Crippen LogP contribution in [-0.2, 0) is 16.0 Å². The van der Waals surface area contributed by atoms with Gasteiger partial charge in [0.2, 0.25) is 0 Å². The van der Waals surface area contributed by atoms with Gasteiger partial charge < -0.3 is 10.5 Å². The maximum atomic E-state index is 12.0. The van der Waals surface area contributed by atoms with Crippen LogP contribution in [0.15, 0.2) is 24.3 Å². The van der Waals surface area contributed by atoms with Crippen molar-refractivity contribution in [3.05, 3.63) is 34.9 Å². The molecule has 0 saturated heterocycles. The van der Waals surface area contributed by atoms with E-state index in [-0.39, 0.29) is 12.0 Å². The Kier molecular flexibility index (Phi) is 5.25. The van der Waals surface area contributed by atoms with Gasteiger partial charge >= 0.3 is 5.97 Å². The predicted molar refractivity (Wildman–Crippen MR) is 84.4 cm³/mol. The molecule has 1 aliphatic carbocycles. The second kappa shape index (κ2) is 6.77. The van der Waals surface area contributed by atoms with E-state index in [9.17, 15) is 4.79 Å². The van der Waals surface area contributed by atoms with Crippen LogP contribution in [0.25, 0.3) is 0 Å². The first-order valence-electron chi connectivity index (χ1n) is 7.27. The lowest BCUT2D eigenvalue weighted by molar-refractivity contribution is -0.161. The van der Waals surface area contributed by atoms with E-state index in [1.165, 1.54) is 7.11 Å². The number of carbonyl (C=O) groups excluding carboxylic acids is 1. The zero-order chi connectivity index (χ0) is 15.5. The number of benzene rings is 1. The van der Waals surface area contributed by atoms with Crippen LogP contribution in [0.5, 0.6) is 0 Å². The third-order valence-corrected chi connectivity index (χ3v) is 4.65. The summed E-state index contributed by atoms with van der Waals surface area (Å²) < 4.78 is 4.96. The van der Waals surface area contributed by atoms with Gasteiger partial charge in [-0.25, -0.2) is 0 Å². The monoisotopic (exact) mass is 310 g/mol. The molecule has 1 atom stereocenters. The van der Waals surface area contributed by atoms with Crippen molar-refractivity contribution in [3.63, 3.8) is 0 Å². The first-order chi connectivity index (χ1) is 9.98. The van der Waals surface area contributed by atoms with Crippen molar-refractivity contribution in [3.8, 4) is 0 Å². The molecule has 21 heavy (non-hydrogen) atoms. The molecule has 0 bridgehead atoms. The molecule has 1 aliphatic rings. The van der Waals surface area contributed by atoms with Gasteiger partial charge in [0.15, 0.2) is 0 Å². The zero-order valence-corrected chi connectivity index (χ0v) is 13.4. The predicted octanol–water partition coefficient (Wildman–Crippen LogP) is 2.24. The Balaban J connectivity index is 1.93. The highest BCUT2D eigenvalue weighted by Crippen LogP contribution is 2.38. The Hall–Kier alpha value is -1.10. The summed E-state index contributed by atoms with van der Waals surface area (Å²) in [6, 6.07) is 7.69. The van der Waals surface area contributed by atoms with Gasteiger partial charge in [-0.05, 0) is 50.4 Å². The minimum Gasteiger partial charge on any atom is -0.468 e. The molecule has 2 N–H and O–H groups in total. The van der Waals surface area contributed by atoms with Crippen LogP contribution < -0.4 is 5.73 Å². The highest BCUT2D eigenvalue weighted by Gasteiger charge is 2.48. The van der Waals surface area contributed by atoms with Crippen LogP contribution in [-0.4, -0.2) is 43.2 Å². The molecule has 0 heterocycles. The zero-order valence-electron chi connectivity index (χ0n) is 12.6. The van der Waals surface area contributed by atoms with Crippen molar-refractivity contribution in [2.24, 2.45) is 5.73 Å². The number of hydrogen-bond acceptors (Lipinski definition) is 4. The first kappa shape index (κ1) is 16.3. The lowest BCUT2D eigenvalue weighted by Crippen LogP contribution is -2.60. The molecule has 4 nitrogen and oxygen atoms in total. The molecule has 1 saturated carbocycles. The average molecular weight is 311 g/mol. The Morgan fingerprint density at radius 1 is 1.43 bits per heavy atom. The Morgan fingerprint density at radius 2 is 2.05 bits per heavy atom. The van der Waals surface area contributed by atoms with Crippen LogP contribution in [0.3, 0.4) is 0 Å². The minimum atomic E-state index is -0.466. The molecule has 1 aromatic carbocycles. The number of carbonyl (C=O) groups is 1. The minimum absolute atomic E-state index is 0.0293. The second-order valence-electron chi connectivity index (χ2n) is 5.85. The van der Waals surface area contributed by atoms with Gasteiger partial charge in [-0.1, -0.05) is 23.7 Å². The van der Waals surface area contributed by atoms with Crippen LogP contribution >= 0.6 is 11.6 Å². The summed E-state index contributed by atoms with van der Waals surface area (Å²) in [6.45, 7) is 0.664. The molecule has 0 amide bonds. The summed E-state index contributed by atoms with van der Waals surface area (Å²) in [4.78, 5) is 14.1. The van der Waals surface area contributed by atoms with Crippen LogP contribution in [0, 0.1) is 0 Å². The molecule has 0 unspecified atom stereocenters. The number of nitrogens with zero attached hydrogens (tertiary/aromatic N) is 1. The average Bonchev–Trinajstić information content (AvgIpc) is 2.39. The van der Waals surface area contributed by atoms with Gasteiger partial charge in [0.05, 0.1) is 7.11 Å². The van der Waals surface area contributed by atoms with Gasteiger partial charge in [-0.15, -0.1) is 0 Å². The molecule has 0 spiro atoms. The van der Waals surface area contributed by atoms with E-state index in [0.29, 0.717) is 6.54 Å². The smallest absolute Gasteiger partial charge is 0.326 e. The quantitative estimate of drug-likeness (QED) is 0.819. The summed E-state index contributed by atoms with van der Waals surface area (Å²) in [6.07, 6.45) is 3.53. The summed E-state index contributed by atoms with van der Waals surface area (Å²) >= 11 is 5.88. The van der Waals surface area contributed by atoms with Crippen molar-refractivity contribution >= 4 is 17.6 Å². The Bertz CT molecular complexity index is 486. The fourth-order valence-electron chi connectivity index (χ4n) is 2.96. The Labute approximate surface area is 131 Å². The van der Waals surface area contributed by atoms with Crippen molar-refractivity contribution in [2.75, 3.05) is 20.7 Å². The number of ether oxygens (including phenoxy) is 1. The number of esters is 1. The van der Waals surface area contributed by atoms with Gasteiger partial charge in [0.1, 0.15) is 5.54 Å². The first-order valence-corrected chi connectivity index (χ1v) is 7.65. The van der Waals surface area contributed by atoms with E-state index < -0.39 is 5.54 Å². The third kappa shape index (κ3) is 3.57. The van der Waals surface area contributed by atoms with Gasteiger partial charge in [-0.3, -0.25) is 9.69 Å². The molecular weight excluding hydrogens is 288 g/mol. The molecule has 0 aliphatic heterocycles.